The number of piperidine rings is 1. The van der Waals surface area contributed by atoms with Gasteiger partial charge in [-0.3, -0.25) is 4.79 Å². The summed E-state index contributed by atoms with van der Waals surface area (Å²) in [6, 6.07) is 1.72. The second-order valence-electron chi connectivity index (χ2n) is 4.88. The topological polar surface area (TPSA) is 84.1 Å². The van der Waals surface area contributed by atoms with Crippen LogP contribution in [0.4, 0.5) is 5.95 Å². The Labute approximate surface area is 123 Å². The molecular weight excluding hydrogens is 274 g/mol. The van der Waals surface area contributed by atoms with Crippen molar-refractivity contribution in [1.29, 1.82) is 0 Å². The van der Waals surface area contributed by atoms with Gasteiger partial charge in [-0.1, -0.05) is 12.2 Å². The Bertz CT molecular complexity index is 513. The molecule has 1 aromatic rings. The number of thiocarbonyl (C=S) groups is 1. The molecule has 0 spiro atoms. The van der Waals surface area contributed by atoms with E-state index in [9.17, 15) is 4.79 Å². The number of aryl methyl sites for hydroxylation is 1. The van der Waals surface area contributed by atoms with E-state index in [0.29, 0.717) is 11.6 Å². The summed E-state index contributed by atoms with van der Waals surface area (Å²) >= 11 is 4.90. The molecule has 2 heterocycles. The van der Waals surface area contributed by atoms with Crippen molar-refractivity contribution < 1.29 is 4.79 Å². The molecule has 1 aromatic heterocycles. The van der Waals surface area contributed by atoms with Gasteiger partial charge in [0.2, 0.25) is 11.9 Å². The molecule has 1 aliphatic heterocycles. The van der Waals surface area contributed by atoms with Gasteiger partial charge < -0.3 is 16.0 Å². The molecule has 1 fully saturated rings. The molecular formula is C13H19N5OS. The molecule has 0 saturated carbocycles. The number of nitrogens with two attached hydrogens (primary N) is 1. The second kappa shape index (κ2) is 6.60. The highest BCUT2D eigenvalue weighted by Crippen LogP contribution is 2.09. The lowest BCUT2D eigenvalue weighted by atomic mass is 10.1. The van der Waals surface area contributed by atoms with Crippen LogP contribution in [0.2, 0.25) is 0 Å². The van der Waals surface area contributed by atoms with E-state index in [2.05, 4.69) is 15.3 Å². The first-order valence-electron chi connectivity index (χ1n) is 6.73. The molecule has 2 rings (SSSR count). The summed E-state index contributed by atoms with van der Waals surface area (Å²) in [5.41, 5.74) is 6.84. The summed E-state index contributed by atoms with van der Waals surface area (Å²) in [5, 5.41) is 2.95. The maximum absolute atomic E-state index is 12.0. The molecule has 7 heteroatoms. The second-order valence-corrected chi connectivity index (χ2v) is 5.32. The van der Waals surface area contributed by atoms with Crippen molar-refractivity contribution in [3.8, 4) is 0 Å². The zero-order chi connectivity index (χ0) is 14.5. The van der Waals surface area contributed by atoms with E-state index in [4.69, 9.17) is 18.0 Å². The Kier molecular flexibility index (Phi) is 4.84. The Morgan fingerprint density at radius 1 is 1.40 bits per heavy atom. The maximum Gasteiger partial charge on any atom is 0.241 e. The van der Waals surface area contributed by atoms with E-state index in [1.54, 1.807) is 6.07 Å². The Hall–Kier alpha value is -1.76. The minimum absolute atomic E-state index is 0.0756. The van der Waals surface area contributed by atoms with Crippen LogP contribution in [0.5, 0.6) is 0 Å². The van der Waals surface area contributed by atoms with Gasteiger partial charge in [-0.25, -0.2) is 9.97 Å². The van der Waals surface area contributed by atoms with Crippen molar-refractivity contribution in [2.24, 2.45) is 5.73 Å². The highest BCUT2D eigenvalue weighted by Gasteiger charge is 2.16. The molecule has 6 nitrogen and oxygen atoms in total. The first kappa shape index (κ1) is 14.6. The first-order chi connectivity index (χ1) is 9.56. The number of carbonyl (C=O) groups excluding carboxylic acids is 1. The van der Waals surface area contributed by atoms with Gasteiger partial charge in [-0.15, -0.1) is 0 Å². The fraction of sp³-hybridized carbons (Fsp3) is 0.538. The zero-order valence-electron chi connectivity index (χ0n) is 11.6. The van der Waals surface area contributed by atoms with Crippen LogP contribution in [0.15, 0.2) is 6.07 Å². The molecule has 0 aromatic carbocycles. The van der Waals surface area contributed by atoms with Crippen LogP contribution in [0.3, 0.4) is 0 Å². The lowest BCUT2D eigenvalue weighted by Crippen LogP contribution is -2.39. The predicted octanol–water partition coefficient (Wildman–Crippen LogP) is 0.844. The molecule has 0 bridgehead atoms. The molecule has 0 atom stereocenters. The summed E-state index contributed by atoms with van der Waals surface area (Å²) in [6.07, 6.45) is 3.37. The number of nitrogens with zero attached hydrogens (tertiary/aromatic N) is 3. The van der Waals surface area contributed by atoms with Gasteiger partial charge in [0.1, 0.15) is 10.7 Å². The number of carbonyl (C=O) groups is 1. The average molecular weight is 293 g/mol. The van der Waals surface area contributed by atoms with Gasteiger partial charge >= 0.3 is 0 Å². The molecule has 20 heavy (non-hydrogen) atoms. The molecule has 1 amide bonds. The third-order valence-electron chi connectivity index (χ3n) is 3.21. The van der Waals surface area contributed by atoms with E-state index in [1.807, 2.05) is 11.8 Å². The number of likely N-dealkylation sites (tertiary alicyclic amines) is 1. The normalized spacial score (nSPS) is 14.9. The van der Waals surface area contributed by atoms with E-state index in [-0.39, 0.29) is 17.4 Å². The third kappa shape index (κ3) is 3.86. The summed E-state index contributed by atoms with van der Waals surface area (Å²) < 4.78 is 0. The van der Waals surface area contributed by atoms with Crippen molar-refractivity contribution >= 4 is 29.1 Å². The third-order valence-corrected chi connectivity index (χ3v) is 3.42. The highest BCUT2D eigenvalue weighted by molar-refractivity contribution is 7.80. The fourth-order valence-electron chi connectivity index (χ4n) is 2.18. The molecule has 108 valence electrons. The van der Waals surface area contributed by atoms with Crippen LogP contribution >= 0.6 is 12.2 Å². The van der Waals surface area contributed by atoms with Gasteiger partial charge in [0.25, 0.3) is 0 Å². The fourth-order valence-corrected chi connectivity index (χ4v) is 2.29. The minimum Gasteiger partial charge on any atom is -0.388 e. The highest BCUT2D eigenvalue weighted by atomic mass is 32.1. The monoisotopic (exact) mass is 293 g/mol. The smallest absolute Gasteiger partial charge is 0.241 e. The number of rotatable bonds is 4. The average Bonchev–Trinajstić information content (AvgIpc) is 2.45. The summed E-state index contributed by atoms with van der Waals surface area (Å²) in [6.45, 7) is 3.71. The summed E-state index contributed by atoms with van der Waals surface area (Å²) in [7, 11) is 0. The Morgan fingerprint density at radius 2 is 2.10 bits per heavy atom. The van der Waals surface area contributed by atoms with Crippen LogP contribution in [0.25, 0.3) is 0 Å². The maximum atomic E-state index is 12.0. The number of hydrogen-bond acceptors (Lipinski definition) is 5. The van der Waals surface area contributed by atoms with Crippen LogP contribution in [0, 0.1) is 6.92 Å². The lowest BCUT2D eigenvalue weighted by Gasteiger charge is -2.26. The number of anilines is 1. The van der Waals surface area contributed by atoms with Crippen LogP contribution in [-0.4, -0.2) is 45.4 Å². The van der Waals surface area contributed by atoms with E-state index in [0.717, 1.165) is 31.6 Å². The number of nitrogens with one attached hydrogen (secondary N) is 1. The number of aromatic nitrogens is 2. The van der Waals surface area contributed by atoms with Crippen molar-refractivity contribution in [2.75, 3.05) is 25.0 Å². The number of amides is 1. The molecule has 0 radical (unpaired) electrons. The zero-order valence-corrected chi connectivity index (χ0v) is 12.4. The van der Waals surface area contributed by atoms with Crippen molar-refractivity contribution in [3.05, 3.63) is 17.5 Å². The van der Waals surface area contributed by atoms with Crippen molar-refractivity contribution in [2.45, 2.75) is 26.2 Å². The van der Waals surface area contributed by atoms with Crippen molar-refractivity contribution in [3.63, 3.8) is 0 Å². The summed E-state index contributed by atoms with van der Waals surface area (Å²) in [5.74, 6) is 0.463. The van der Waals surface area contributed by atoms with Crippen LogP contribution < -0.4 is 11.1 Å². The molecule has 0 unspecified atom stereocenters. The minimum atomic E-state index is 0.0756. The first-order valence-corrected chi connectivity index (χ1v) is 7.14. The Morgan fingerprint density at radius 3 is 2.75 bits per heavy atom. The quantitative estimate of drug-likeness (QED) is 0.801. The van der Waals surface area contributed by atoms with Gasteiger partial charge in [-0.05, 0) is 32.3 Å². The van der Waals surface area contributed by atoms with Gasteiger partial charge in [0, 0.05) is 18.8 Å². The van der Waals surface area contributed by atoms with Crippen LogP contribution in [-0.2, 0) is 4.79 Å². The van der Waals surface area contributed by atoms with Gasteiger partial charge in [0.05, 0.1) is 6.54 Å². The standard InChI is InChI=1S/C13H19N5OS/c1-9-7-10(12(14)20)17-13(16-9)15-8-11(19)18-5-3-2-4-6-18/h7H,2-6,8H2,1H3,(H2,14,20)(H,15,16,17). The van der Waals surface area contributed by atoms with Crippen molar-refractivity contribution in [1.82, 2.24) is 14.9 Å². The lowest BCUT2D eigenvalue weighted by molar-refractivity contribution is -0.130. The van der Waals surface area contributed by atoms with Gasteiger partial charge in [0.15, 0.2) is 0 Å². The Balaban J connectivity index is 1.96. The SMILES string of the molecule is Cc1cc(C(N)=S)nc(NCC(=O)N2CCCCC2)n1. The van der Waals surface area contributed by atoms with Crippen LogP contribution in [0.1, 0.15) is 30.7 Å². The largest absolute Gasteiger partial charge is 0.388 e. The molecule has 0 aliphatic carbocycles. The summed E-state index contributed by atoms with van der Waals surface area (Å²) in [4.78, 5) is 22.5. The van der Waals surface area contributed by atoms with Gasteiger partial charge in [-0.2, -0.15) is 0 Å². The number of hydrogen-bond donors (Lipinski definition) is 2. The molecule has 1 saturated heterocycles. The predicted molar refractivity (Wildman–Crippen MR) is 81.6 cm³/mol. The molecule has 3 N–H and O–H groups in total. The van der Waals surface area contributed by atoms with E-state index >= 15 is 0 Å². The van der Waals surface area contributed by atoms with E-state index < -0.39 is 0 Å². The van der Waals surface area contributed by atoms with E-state index in [1.165, 1.54) is 6.42 Å². The molecule has 1 aliphatic rings.